The van der Waals surface area contributed by atoms with Crippen molar-refractivity contribution in [2.75, 3.05) is 6.61 Å². The third kappa shape index (κ3) is 4.34. The molecule has 10 heteroatoms. The summed E-state index contributed by atoms with van der Waals surface area (Å²) in [7, 11) is 0. The summed E-state index contributed by atoms with van der Waals surface area (Å²) in [4.78, 5) is 31.3. The van der Waals surface area contributed by atoms with Gasteiger partial charge in [0.05, 0.1) is 27.4 Å². The number of ether oxygens (including phenoxy) is 1. The van der Waals surface area contributed by atoms with Crippen LogP contribution in [-0.2, 0) is 9.53 Å². The summed E-state index contributed by atoms with van der Waals surface area (Å²) in [5, 5.41) is 11.1. The Morgan fingerprint density at radius 3 is 2.67 bits per heavy atom. The van der Waals surface area contributed by atoms with E-state index in [1.54, 1.807) is 38.1 Å². The largest absolute Gasteiger partial charge is 0.506 e. The molecule has 1 aliphatic heterocycles. The molecule has 6 nitrogen and oxygen atoms in total. The predicted molar refractivity (Wildman–Crippen MR) is 130 cm³/mol. The molecule has 1 atom stereocenters. The number of carbonyl (C=O) groups is 1. The number of allylic oxidation sites excluding steroid dienone is 1. The Kier molecular flexibility index (Phi) is 6.68. The van der Waals surface area contributed by atoms with Gasteiger partial charge in [0.1, 0.15) is 11.8 Å². The monoisotopic (exact) mass is 522 g/mol. The summed E-state index contributed by atoms with van der Waals surface area (Å²) in [5.74, 6) is -0.768. The number of benzene rings is 2. The first kappa shape index (κ1) is 23.6. The highest BCUT2D eigenvalue weighted by atomic mass is 35.5. The fraction of sp³-hybridized carbons (Fsp3) is 0.174. The van der Waals surface area contributed by atoms with Crippen molar-refractivity contribution in [1.29, 1.82) is 0 Å². The highest BCUT2D eigenvalue weighted by molar-refractivity contribution is 7.07. The van der Waals surface area contributed by atoms with Gasteiger partial charge in [-0.2, -0.15) is 0 Å². The van der Waals surface area contributed by atoms with Crippen molar-refractivity contribution in [2.24, 2.45) is 4.99 Å². The zero-order valence-corrected chi connectivity index (χ0v) is 20.5. The molecule has 3 aromatic rings. The van der Waals surface area contributed by atoms with Crippen molar-refractivity contribution in [3.8, 4) is 5.75 Å². The number of rotatable bonds is 4. The fourth-order valence-electron chi connectivity index (χ4n) is 3.62. The van der Waals surface area contributed by atoms with Crippen LogP contribution in [0.25, 0.3) is 6.08 Å². The van der Waals surface area contributed by atoms with Crippen LogP contribution in [0, 0.1) is 0 Å². The Morgan fingerprint density at radius 2 is 1.97 bits per heavy atom. The maximum Gasteiger partial charge on any atom is 0.338 e. The van der Waals surface area contributed by atoms with E-state index in [1.807, 2.05) is 0 Å². The predicted octanol–water partition coefficient (Wildman–Crippen LogP) is 4.46. The first-order chi connectivity index (χ1) is 15.7. The van der Waals surface area contributed by atoms with Gasteiger partial charge in [-0.15, -0.1) is 0 Å². The van der Waals surface area contributed by atoms with Crippen LogP contribution in [0.1, 0.15) is 31.0 Å². The maximum atomic E-state index is 13.5. The molecule has 2 heterocycles. The summed E-state index contributed by atoms with van der Waals surface area (Å²) in [6, 6.07) is 9.07. The highest BCUT2D eigenvalue weighted by Gasteiger charge is 2.34. The SMILES string of the molecule is CCOC(=O)C1=C(C)N=c2s/c(=C/c3cc(Cl)cc(Cl)c3O)c(=O)n2C1c1ccccc1Cl. The van der Waals surface area contributed by atoms with Gasteiger partial charge in [0.15, 0.2) is 4.80 Å². The third-order valence-corrected chi connectivity index (χ3v) is 6.89. The molecule has 0 bridgehead atoms. The van der Waals surface area contributed by atoms with Gasteiger partial charge in [-0.3, -0.25) is 9.36 Å². The summed E-state index contributed by atoms with van der Waals surface area (Å²) >= 11 is 19.7. The van der Waals surface area contributed by atoms with Gasteiger partial charge in [0.2, 0.25) is 0 Å². The minimum absolute atomic E-state index is 0.0657. The van der Waals surface area contributed by atoms with Crippen LogP contribution in [0.5, 0.6) is 5.75 Å². The summed E-state index contributed by atoms with van der Waals surface area (Å²) in [6.07, 6.45) is 1.49. The second-order valence-electron chi connectivity index (χ2n) is 7.15. The number of aromatic hydroxyl groups is 1. The molecule has 0 aliphatic carbocycles. The Morgan fingerprint density at radius 1 is 1.24 bits per heavy atom. The first-order valence-electron chi connectivity index (χ1n) is 9.85. The smallest absolute Gasteiger partial charge is 0.338 e. The summed E-state index contributed by atoms with van der Waals surface area (Å²) in [6.45, 7) is 3.57. The topological polar surface area (TPSA) is 80.9 Å². The number of halogens is 3. The lowest BCUT2D eigenvalue weighted by molar-refractivity contribution is -0.139. The molecule has 1 aromatic heterocycles. The Bertz CT molecular complexity index is 1490. The lowest BCUT2D eigenvalue weighted by Crippen LogP contribution is -2.40. The van der Waals surface area contributed by atoms with E-state index in [0.29, 0.717) is 26.1 Å². The number of phenolic OH excluding ortho intramolecular Hbond substituents is 1. The van der Waals surface area contributed by atoms with E-state index in [-0.39, 0.29) is 33.0 Å². The number of aromatic nitrogens is 1. The van der Waals surface area contributed by atoms with Gasteiger partial charge in [-0.1, -0.05) is 64.3 Å². The normalized spacial score (nSPS) is 15.9. The molecule has 2 aromatic carbocycles. The van der Waals surface area contributed by atoms with Crippen molar-refractivity contribution < 1.29 is 14.6 Å². The van der Waals surface area contributed by atoms with Crippen molar-refractivity contribution in [2.45, 2.75) is 19.9 Å². The van der Waals surface area contributed by atoms with Crippen molar-refractivity contribution in [3.63, 3.8) is 0 Å². The molecule has 1 unspecified atom stereocenters. The quantitative estimate of drug-likeness (QED) is 0.512. The molecular weight excluding hydrogens is 507 g/mol. The molecule has 1 N–H and O–H groups in total. The molecule has 33 heavy (non-hydrogen) atoms. The first-order valence-corrected chi connectivity index (χ1v) is 11.8. The van der Waals surface area contributed by atoms with Crippen molar-refractivity contribution >= 4 is 58.2 Å². The Balaban J connectivity index is 2.01. The molecule has 0 saturated carbocycles. The number of thiazole rings is 1. The second-order valence-corrected chi connectivity index (χ2v) is 9.41. The second kappa shape index (κ2) is 9.35. The van der Waals surface area contributed by atoms with Gasteiger partial charge >= 0.3 is 5.97 Å². The van der Waals surface area contributed by atoms with E-state index in [1.165, 1.54) is 22.8 Å². The molecule has 0 saturated heterocycles. The summed E-state index contributed by atoms with van der Waals surface area (Å²) in [5.41, 5.74) is 1.11. The van der Waals surface area contributed by atoms with E-state index in [0.717, 1.165) is 11.3 Å². The van der Waals surface area contributed by atoms with Crippen LogP contribution in [-0.4, -0.2) is 22.2 Å². The molecule has 0 fully saturated rings. The maximum absolute atomic E-state index is 13.5. The zero-order valence-electron chi connectivity index (χ0n) is 17.4. The Hall–Kier alpha value is -2.58. The van der Waals surface area contributed by atoms with Crippen LogP contribution < -0.4 is 14.9 Å². The lowest BCUT2D eigenvalue weighted by Gasteiger charge is -2.25. The number of nitrogens with zero attached hydrogens (tertiary/aromatic N) is 2. The molecule has 0 amide bonds. The zero-order chi connectivity index (χ0) is 23.9. The van der Waals surface area contributed by atoms with Crippen LogP contribution in [0.2, 0.25) is 15.1 Å². The number of phenols is 1. The minimum Gasteiger partial charge on any atom is -0.506 e. The highest BCUT2D eigenvalue weighted by Crippen LogP contribution is 2.35. The van der Waals surface area contributed by atoms with Gasteiger partial charge in [0.25, 0.3) is 5.56 Å². The number of esters is 1. The number of carbonyl (C=O) groups excluding carboxylic acids is 1. The third-order valence-electron chi connectivity index (χ3n) is 5.06. The number of fused-ring (bicyclic) bond motifs is 1. The number of hydrogen-bond donors (Lipinski definition) is 1. The minimum atomic E-state index is -0.826. The molecule has 0 radical (unpaired) electrons. The van der Waals surface area contributed by atoms with Crippen LogP contribution >= 0.6 is 46.1 Å². The van der Waals surface area contributed by atoms with Gasteiger partial charge < -0.3 is 9.84 Å². The van der Waals surface area contributed by atoms with Crippen LogP contribution in [0.15, 0.2) is 57.5 Å². The standard InChI is InChI=1S/C23H17Cl3N2O4S/c1-3-32-22(31)18-11(2)27-23-28(19(18)14-6-4-5-7-15(14)25)21(30)17(33-23)9-12-8-13(24)10-16(26)20(12)29/h4-10,19,29H,3H2,1-2H3/b17-9+. The average molecular weight is 524 g/mol. The molecular formula is C23H17Cl3N2O4S. The molecule has 170 valence electrons. The van der Waals surface area contributed by atoms with E-state index < -0.39 is 17.6 Å². The lowest BCUT2D eigenvalue weighted by atomic mass is 9.96. The fourth-order valence-corrected chi connectivity index (χ4v) is 5.41. The molecule has 1 aliphatic rings. The number of hydrogen-bond acceptors (Lipinski definition) is 6. The van der Waals surface area contributed by atoms with Crippen molar-refractivity contribution in [1.82, 2.24) is 4.57 Å². The van der Waals surface area contributed by atoms with E-state index in [2.05, 4.69) is 4.99 Å². The molecule has 4 rings (SSSR count). The van der Waals surface area contributed by atoms with Crippen molar-refractivity contribution in [3.05, 3.63) is 93.6 Å². The van der Waals surface area contributed by atoms with E-state index in [4.69, 9.17) is 39.5 Å². The van der Waals surface area contributed by atoms with E-state index >= 15 is 0 Å². The van der Waals surface area contributed by atoms with E-state index in [9.17, 15) is 14.7 Å². The average Bonchev–Trinajstić information content (AvgIpc) is 3.06. The van der Waals surface area contributed by atoms with Gasteiger partial charge in [0, 0.05) is 15.6 Å². The van der Waals surface area contributed by atoms with Crippen LogP contribution in [0.4, 0.5) is 0 Å². The van der Waals surface area contributed by atoms with Crippen LogP contribution in [0.3, 0.4) is 0 Å². The van der Waals surface area contributed by atoms with Gasteiger partial charge in [-0.25, -0.2) is 9.79 Å². The summed E-state index contributed by atoms with van der Waals surface area (Å²) < 4.78 is 6.95. The Labute approximate surface area is 207 Å². The van der Waals surface area contributed by atoms with Gasteiger partial charge in [-0.05, 0) is 43.7 Å². The molecule has 0 spiro atoms.